The fraction of sp³-hybridized carbons (Fsp3) is 0.792. The van der Waals surface area contributed by atoms with Crippen LogP contribution < -0.4 is 37.2 Å². The van der Waals surface area contributed by atoms with Crippen molar-refractivity contribution in [1.29, 1.82) is 0 Å². The van der Waals surface area contributed by atoms with Gasteiger partial charge in [0.15, 0.2) is 5.78 Å². The first kappa shape index (κ1) is 58.8. The van der Waals surface area contributed by atoms with Gasteiger partial charge < -0.3 is 52.5 Å². The Morgan fingerprint density at radius 1 is 0.478 bits per heavy atom. The van der Waals surface area contributed by atoms with Gasteiger partial charge in [-0.15, -0.1) is 0 Å². The molecule has 0 aromatic carbocycles. The zero-order valence-electron chi connectivity index (χ0n) is 41.1. The lowest BCUT2D eigenvalue weighted by molar-refractivity contribution is -0.190. The molecule has 4 saturated carbocycles. The van der Waals surface area contributed by atoms with E-state index in [2.05, 4.69) is 49.8 Å². The minimum atomic E-state index is -1.64. The van der Waals surface area contributed by atoms with Gasteiger partial charge in [-0.05, 0) is 93.3 Å². The predicted octanol–water partition coefficient (Wildman–Crippen LogP) is 0.509. The number of unbranched alkanes of at least 4 members (excludes halogenated alkanes) is 3. The van der Waals surface area contributed by atoms with E-state index in [1.54, 1.807) is 21.0 Å². The molecule has 0 heterocycles. The molecule has 7 amide bonds. The molecule has 4 bridgehead atoms. The number of rotatable bonds is 34. The summed E-state index contributed by atoms with van der Waals surface area (Å²) in [6.07, 6.45) is 11.7. The van der Waals surface area contributed by atoms with Crippen LogP contribution in [-0.4, -0.2) is 143 Å². The lowest BCUT2D eigenvalue weighted by Crippen LogP contribution is -2.69. The molecule has 0 aromatic rings. The van der Waals surface area contributed by atoms with E-state index in [0.29, 0.717) is 70.6 Å². The van der Waals surface area contributed by atoms with Crippen molar-refractivity contribution in [2.24, 2.45) is 16.2 Å². The average Bonchev–Trinajstić information content (AvgIpc) is 3.32. The Kier molecular flexibility index (Phi) is 23.7. The van der Waals surface area contributed by atoms with E-state index in [1.807, 2.05) is 6.92 Å². The van der Waals surface area contributed by atoms with Gasteiger partial charge in [-0.1, -0.05) is 26.7 Å². The van der Waals surface area contributed by atoms with Gasteiger partial charge in [0.1, 0.15) is 29.7 Å². The lowest BCUT2D eigenvalue weighted by atomic mass is 9.35. The van der Waals surface area contributed by atoms with E-state index < -0.39 is 73.2 Å². The average molecular weight is 994 g/mol. The number of ketones is 3. The molecule has 21 heteroatoms. The van der Waals surface area contributed by atoms with Crippen LogP contribution >= 0.6 is 12.6 Å². The highest BCUT2D eigenvalue weighted by molar-refractivity contribution is 7.81. The molecule has 390 valence electrons. The number of carbonyl (C=O) groups is 10. The minimum absolute atomic E-state index is 0.0241. The molecule has 4 aliphatic rings. The lowest BCUT2D eigenvalue weighted by Gasteiger charge is -2.71. The van der Waals surface area contributed by atoms with Crippen LogP contribution in [0.15, 0.2) is 0 Å². The van der Waals surface area contributed by atoms with Crippen molar-refractivity contribution in [1.82, 2.24) is 37.2 Å². The SMILES string of the molecule is CCC(=O)CCC12CC3(CCC(=O)NC)CC(NC(=O)CCCCCCC(=O)CCC(NC(=O)C(CO)NC(=O)C(CO)NC(=O)C(CO)NC(=O)CS)C(=O)CC)(C1)C[C@@](CCC(=O)NC)(C2)C3. The molecule has 8 atom stereocenters. The Bertz CT molecular complexity index is 1750. The van der Waals surface area contributed by atoms with Crippen LogP contribution in [0.3, 0.4) is 0 Å². The third kappa shape index (κ3) is 17.7. The predicted molar refractivity (Wildman–Crippen MR) is 257 cm³/mol. The summed E-state index contributed by atoms with van der Waals surface area (Å²) >= 11 is 3.78. The number of thiol groups is 1. The summed E-state index contributed by atoms with van der Waals surface area (Å²) in [5.41, 5.74) is -1.11. The number of carbonyl (C=O) groups excluding carboxylic acids is 10. The number of nitrogens with one attached hydrogen (secondary N) is 7. The van der Waals surface area contributed by atoms with Gasteiger partial charge in [0.2, 0.25) is 41.4 Å². The van der Waals surface area contributed by atoms with Gasteiger partial charge >= 0.3 is 0 Å². The molecule has 0 aliphatic heterocycles. The van der Waals surface area contributed by atoms with Gasteiger partial charge in [-0.3, -0.25) is 47.9 Å². The van der Waals surface area contributed by atoms with Crippen molar-refractivity contribution >= 4 is 71.3 Å². The molecule has 20 nitrogen and oxygen atoms in total. The number of hydrogen-bond donors (Lipinski definition) is 11. The number of aliphatic hydroxyl groups excluding tert-OH is 3. The maximum atomic E-state index is 13.8. The molecule has 0 spiro atoms. The zero-order chi connectivity index (χ0) is 51.4. The molecule has 7 unspecified atom stereocenters. The van der Waals surface area contributed by atoms with Crippen LogP contribution in [0, 0.1) is 16.2 Å². The number of Topliss-reactive ketones (excluding diaryl/α,β-unsaturated/α-hetero) is 3. The number of aliphatic hydroxyl groups is 3. The van der Waals surface area contributed by atoms with Crippen LogP contribution in [0.2, 0.25) is 0 Å². The highest BCUT2D eigenvalue weighted by Crippen LogP contribution is 2.74. The summed E-state index contributed by atoms with van der Waals surface area (Å²) in [6.45, 7) is 0.771. The van der Waals surface area contributed by atoms with Gasteiger partial charge in [0, 0.05) is 71.0 Å². The molecule has 4 aliphatic carbocycles. The van der Waals surface area contributed by atoms with E-state index >= 15 is 0 Å². The van der Waals surface area contributed by atoms with Gasteiger partial charge in [-0.25, -0.2) is 0 Å². The second-order valence-corrected chi connectivity index (χ2v) is 20.3. The maximum absolute atomic E-state index is 13.8. The first-order valence-electron chi connectivity index (χ1n) is 24.6. The standard InChI is InChI=1S/C48H79N7O13S/c1-5-31(59)15-18-45-25-46(19-16-38(62)49-3)27-47(26-45,20-17-39(63)50-4)30-48(28-45,29-46)55-40(64)12-10-8-7-9-11-32(60)13-14-33(37(61)6-2)52-43(67)35(22-57)54-44(68)36(23-58)53-42(66)34(21-56)51-41(65)24-69/h33-36,56-58,69H,5-30H2,1-4H3,(H,49,62)(H,50,63)(H,51,65)(H,52,67)(H,53,66)(H,54,68)(H,55,64)/t33?,34?,35?,36?,45?,46-,47?,48?/m0/s1. The molecular weight excluding hydrogens is 915 g/mol. The summed E-state index contributed by atoms with van der Waals surface area (Å²) in [7, 11) is 3.26. The normalized spacial score (nSPS) is 23.9. The summed E-state index contributed by atoms with van der Waals surface area (Å²) in [5.74, 6) is -4.44. The summed E-state index contributed by atoms with van der Waals surface area (Å²) in [4.78, 5) is 127. The van der Waals surface area contributed by atoms with E-state index in [-0.39, 0.29) is 82.8 Å². The molecule has 10 N–H and O–H groups in total. The van der Waals surface area contributed by atoms with Crippen LogP contribution in [0.5, 0.6) is 0 Å². The minimum Gasteiger partial charge on any atom is -0.394 e. The summed E-state index contributed by atoms with van der Waals surface area (Å²) < 4.78 is 0. The molecule has 0 aromatic heterocycles. The fourth-order valence-corrected chi connectivity index (χ4v) is 11.8. The zero-order valence-corrected chi connectivity index (χ0v) is 42.0. The molecule has 4 fully saturated rings. The smallest absolute Gasteiger partial charge is 0.245 e. The van der Waals surface area contributed by atoms with Crippen molar-refractivity contribution in [2.75, 3.05) is 39.7 Å². The molecule has 0 saturated heterocycles. The van der Waals surface area contributed by atoms with Gasteiger partial charge in [0.25, 0.3) is 0 Å². The molecule has 0 radical (unpaired) electrons. The Balaban J connectivity index is 1.53. The largest absolute Gasteiger partial charge is 0.394 e. The second-order valence-electron chi connectivity index (χ2n) is 19.9. The van der Waals surface area contributed by atoms with Gasteiger partial charge in [0.05, 0.1) is 31.6 Å². The Hall–Kier alpha value is -4.47. The van der Waals surface area contributed by atoms with Crippen LogP contribution in [0.1, 0.15) is 155 Å². The summed E-state index contributed by atoms with van der Waals surface area (Å²) in [6, 6.07) is -5.81. The highest BCUT2D eigenvalue weighted by Gasteiger charge is 2.67. The fourth-order valence-electron chi connectivity index (χ4n) is 11.8. The van der Waals surface area contributed by atoms with Crippen molar-refractivity contribution in [3.63, 3.8) is 0 Å². The van der Waals surface area contributed by atoms with E-state index in [4.69, 9.17) is 0 Å². The van der Waals surface area contributed by atoms with Crippen molar-refractivity contribution in [3.8, 4) is 0 Å². The highest BCUT2D eigenvalue weighted by atomic mass is 32.1. The second kappa shape index (κ2) is 27.8. The summed E-state index contributed by atoms with van der Waals surface area (Å²) in [5, 5.41) is 47.1. The van der Waals surface area contributed by atoms with Crippen LogP contribution in [-0.2, 0) is 47.9 Å². The van der Waals surface area contributed by atoms with Crippen molar-refractivity contribution in [3.05, 3.63) is 0 Å². The van der Waals surface area contributed by atoms with E-state index in [0.717, 1.165) is 44.9 Å². The van der Waals surface area contributed by atoms with Gasteiger partial charge in [-0.2, -0.15) is 12.6 Å². The van der Waals surface area contributed by atoms with Crippen molar-refractivity contribution in [2.45, 2.75) is 185 Å². The first-order chi connectivity index (χ1) is 32.7. The third-order valence-electron chi connectivity index (χ3n) is 14.4. The Morgan fingerprint density at radius 3 is 1.33 bits per heavy atom. The maximum Gasteiger partial charge on any atom is 0.245 e. The quantitative estimate of drug-likeness (QED) is 0.0310. The number of amides is 7. The first-order valence-corrected chi connectivity index (χ1v) is 25.3. The topological polar surface area (TPSA) is 316 Å². The number of hydrogen-bond acceptors (Lipinski definition) is 14. The Morgan fingerprint density at radius 2 is 0.913 bits per heavy atom. The molecule has 4 rings (SSSR count). The monoisotopic (exact) mass is 994 g/mol. The molecular formula is C48H79N7O13S. The Labute approximate surface area is 411 Å². The van der Waals surface area contributed by atoms with Crippen LogP contribution in [0.4, 0.5) is 0 Å². The molecule has 69 heavy (non-hydrogen) atoms. The van der Waals surface area contributed by atoms with E-state index in [1.165, 1.54) is 0 Å². The third-order valence-corrected chi connectivity index (χ3v) is 14.7. The van der Waals surface area contributed by atoms with E-state index in [9.17, 15) is 63.3 Å². The van der Waals surface area contributed by atoms with Crippen LogP contribution in [0.25, 0.3) is 0 Å². The van der Waals surface area contributed by atoms with Crippen molar-refractivity contribution < 1.29 is 63.3 Å².